The number of aryl methyl sites for hydroxylation is 1. The maximum Gasteiger partial charge on any atom is 0.248 e. The van der Waals surface area contributed by atoms with E-state index in [4.69, 9.17) is 5.73 Å². The van der Waals surface area contributed by atoms with Gasteiger partial charge in [-0.15, -0.1) is 0 Å². The number of anilines is 2. The number of carbonyl (C=O) groups excluding carboxylic acids is 1. The van der Waals surface area contributed by atoms with Crippen LogP contribution < -0.4 is 16.4 Å². The number of nitrogens with one attached hydrogen (secondary N) is 2. The van der Waals surface area contributed by atoms with Gasteiger partial charge in [0.2, 0.25) is 11.9 Å². The molecular formula is C11H19N5O2. The first-order valence-corrected chi connectivity index (χ1v) is 5.83. The molecule has 7 nitrogen and oxygen atoms in total. The van der Waals surface area contributed by atoms with Crippen molar-refractivity contribution in [2.24, 2.45) is 5.73 Å². The van der Waals surface area contributed by atoms with E-state index in [1.165, 1.54) is 0 Å². The van der Waals surface area contributed by atoms with E-state index in [1.807, 2.05) is 13.8 Å². The fraction of sp³-hybridized carbons (Fsp3) is 0.545. The van der Waals surface area contributed by atoms with Gasteiger partial charge in [0.25, 0.3) is 0 Å². The van der Waals surface area contributed by atoms with E-state index in [1.54, 1.807) is 6.20 Å². The summed E-state index contributed by atoms with van der Waals surface area (Å²) in [7, 11) is 0. The fourth-order valence-corrected chi connectivity index (χ4v) is 1.24. The van der Waals surface area contributed by atoms with E-state index in [-0.39, 0.29) is 6.54 Å². The minimum absolute atomic E-state index is 0.0282. The highest BCUT2D eigenvalue weighted by molar-refractivity contribution is 5.79. The molecule has 1 atom stereocenters. The molecular weight excluding hydrogens is 234 g/mol. The van der Waals surface area contributed by atoms with Gasteiger partial charge in [-0.3, -0.25) is 4.79 Å². The lowest BCUT2D eigenvalue weighted by Crippen LogP contribution is -2.34. The molecule has 1 amide bonds. The van der Waals surface area contributed by atoms with Gasteiger partial charge in [0, 0.05) is 18.3 Å². The van der Waals surface area contributed by atoms with Gasteiger partial charge in [-0.05, 0) is 13.3 Å². The van der Waals surface area contributed by atoms with Crippen molar-refractivity contribution in [3.8, 4) is 0 Å². The van der Waals surface area contributed by atoms with E-state index in [0.717, 1.165) is 18.5 Å². The summed E-state index contributed by atoms with van der Waals surface area (Å²) in [4.78, 5) is 19.1. The number of carbonyl (C=O) groups is 1. The van der Waals surface area contributed by atoms with Crippen molar-refractivity contribution >= 4 is 17.7 Å². The van der Waals surface area contributed by atoms with Crippen LogP contribution in [-0.2, 0) is 4.79 Å². The zero-order valence-corrected chi connectivity index (χ0v) is 10.6. The van der Waals surface area contributed by atoms with Crippen molar-refractivity contribution in [1.82, 2.24) is 9.97 Å². The van der Waals surface area contributed by atoms with Crippen LogP contribution in [0, 0.1) is 6.92 Å². The molecule has 0 aliphatic rings. The van der Waals surface area contributed by atoms with Gasteiger partial charge in [-0.25, -0.2) is 4.98 Å². The van der Waals surface area contributed by atoms with Gasteiger partial charge < -0.3 is 21.5 Å². The zero-order valence-electron chi connectivity index (χ0n) is 10.6. The Labute approximate surface area is 106 Å². The van der Waals surface area contributed by atoms with E-state index < -0.39 is 12.0 Å². The molecule has 1 rings (SSSR count). The summed E-state index contributed by atoms with van der Waals surface area (Å²) in [5.74, 6) is 0.320. The Bertz CT molecular complexity index is 410. The average Bonchev–Trinajstić information content (AvgIpc) is 2.35. The first kappa shape index (κ1) is 14.2. The lowest BCUT2D eigenvalue weighted by Gasteiger charge is -2.12. The first-order valence-electron chi connectivity index (χ1n) is 5.83. The molecule has 100 valence electrons. The van der Waals surface area contributed by atoms with Gasteiger partial charge >= 0.3 is 0 Å². The average molecular weight is 253 g/mol. The van der Waals surface area contributed by atoms with Crippen molar-refractivity contribution in [1.29, 1.82) is 0 Å². The molecule has 0 fully saturated rings. The number of aliphatic hydroxyl groups is 1. The molecule has 1 aromatic heterocycles. The number of nitrogens with two attached hydrogens (primary N) is 1. The third-order valence-electron chi connectivity index (χ3n) is 2.30. The Morgan fingerprint density at radius 1 is 1.56 bits per heavy atom. The van der Waals surface area contributed by atoms with Crippen molar-refractivity contribution in [2.45, 2.75) is 26.4 Å². The summed E-state index contributed by atoms with van der Waals surface area (Å²) in [6.45, 7) is 4.69. The summed E-state index contributed by atoms with van der Waals surface area (Å²) < 4.78 is 0. The second-order valence-corrected chi connectivity index (χ2v) is 3.95. The van der Waals surface area contributed by atoms with Crippen LogP contribution in [0.5, 0.6) is 0 Å². The SMILES string of the molecule is CCCNc1ncc(C)c(NCC(O)C(N)=O)n1. The van der Waals surface area contributed by atoms with Crippen LogP contribution in [-0.4, -0.2) is 40.2 Å². The molecule has 0 aromatic carbocycles. The minimum Gasteiger partial charge on any atom is -0.381 e. The molecule has 0 bridgehead atoms. The fourth-order valence-electron chi connectivity index (χ4n) is 1.24. The summed E-state index contributed by atoms with van der Waals surface area (Å²) in [5.41, 5.74) is 5.79. The zero-order chi connectivity index (χ0) is 13.5. The summed E-state index contributed by atoms with van der Waals surface area (Å²) in [6.07, 6.45) is 1.41. The van der Waals surface area contributed by atoms with Crippen LogP contribution in [0.15, 0.2) is 6.20 Å². The van der Waals surface area contributed by atoms with E-state index in [0.29, 0.717) is 11.8 Å². The van der Waals surface area contributed by atoms with Gasteiger partial charge in [-0.2, -0.15) is 4.98 Å². The Morgan fingerprint density at radius 2 is 2.28 bits per heavy atom. The standard InChI is InChI=1S/C11H19N5O2/c1-3-4-13-11-15-5-7(2)10(16-11)14-6-8(17)9(12)18/h5,8,17H,3-4,6H2,1-2H3,(H2,12,18)(H2,13,14,15,16). The lowest BCUT2D eigenvalue weighted by molar-refractivity contribution is -0.125. The predicted octanol–water partition coefficient (Wildman–Crippen LogP) is -0.135. The normalized spacial score (nSPS) is 11.9. The minimum atomic E-state index is -1.23. The van der Waals surface area contributed by atoms with E-state index in [9.17, 15) is 9.90 Å². The Morgan fingerprint density at radius 3 is 2.89 bits per heavy atom. The summed E-state index contributed by atoms with van der Waals surface area (Å²) >= 11 is 0. The van der Waals surface area contributed by atoms with Crippen molar-refractivity contribution in [3.05, 3.63) is 11.8 Å². The number of rotatable bonds is 7. The maximum atomic E-state index is 10.7. The number of aliphatic hydroxyl groups excluding tert-OH is 1. The van der Waals surface area contributed by atoms with Crippen LogP contribution >= 0.6 is 0 Å². The number of primary amides is 1. The van der Waals surface area contributed by atoms with Gasteiger partial charge in [0.1, 0.15) is 11.9 Å². The molecule has 7 heteroatoms. The quantitative estimate of drug-likeness (QED) is 0.538. The van der Waals surface area contributed by atoms with Gasteiger partial charge in [-0.1, -0.05) is 6.92 Å². The number of hydrogen-bond acceptors (Lipinski definition) is 6. The molecule has 0 aliphatic heterocycles. The number of nitrogens with zero attached hydrogens (tertiary/aromatic N) is 2. The molecule has 0 aliphatic carbocycles. The molecule has 0 saturated heterocycles. The lowest BCUT2D eigenvalue weighted by atomic mass is 10.3. The van der Waals surface area contributed by atoms with Crippen LogP contribution in [0.3, 0.4) is 0 Å². The molecule has 0 radical (unpaired) electrons. The van der Waals surface area contributed by atoms with Gasteiger partial charge in [0.05, 0.1) is 6.54 Å². The van der Waals surface area contributed by atoms with Crippen LogP contribution in [0.2, 0.25) is 0 Å². The second-order valence-electron chi connectivity index (χ2n) is 3.95. The highest BCUT2D eigenvalue weighted by Gasteiger charge is 2.11. The Balaban J connectivity index is 2.66. The Kier molecular flexibility index (Phi) is 5.31. The molecule has 5 N–H and O–H groups in total. The summed E-state index contributed by atoms with van der Waals surface area (Å²) in [6, 6.07) is 0. The monoisotopic (exact) mass is 253 g/mol. The number of amides is 1. The predicted molar refractivity (Wildman–Crippen MR) is 69.2 cm³/mol. The van der Waals surface area contributed by atoms with E-state index >= 15 is 0 Å². The second kappa shape index (κ2) is 6.75. The first-order chi connectivity index (χ1) is 8.54. The molecule has 1 aromatic rings. The van der Waals surface area contributed by atoms with E-state index in [2.05, 4.69) is 20.6 Å². The van der Waals surface area contributed by atoms with Crippen LogP contribution in [0.25, 0.3) is 0 Å². The van der Waals surface area contributed by atoms with Gasteiger partial charge in [0.15, 0.2) is 0 Å². The maximum absolute atomic E-state index is 10.7. The largest absolute Gasteiger partial charge is 0.381 e. The topological polar surface area (TPSA) is 113 Å². The smallest absolute Gasteiger partial charge is 0.248 e. The van der Waals surface area contributed by atoms with Crippen LogP contribution in [0.4, 0.5) is 11.8 Å². The van der Waals surface area contributed by atoms with Crippen LogP contribution in [0.1, 0.15) is 18.9 Å². The third kappa shape index (κ3) is 4.17. The third-order valence-corrected chi connectivity index (χ3v) is 2.30. The molecule has 1 unspecified atom stereocenters. The highest BCUT2D eigenvalue weighted by atomic mass is 16.3. The van der Waals surface area contributed by atoms with Crippen molar-refractivity contribution < 1.29 is 9.90 Å². The number of aromatic nitrogens is 2. The molecule has 0 saturated carbocycles. The highest BCUT2D eigenvalue weighted by Crippen LogP contribution is 2.12. The molecule has 1 heterocycles. The molecule has 0 spiro atoms. The Hall–Kier alpha value is -1.89. The summed E-state index contributed by atoms with van der Waals surface area (Å²) in [5, 5.41) is 15.2. The van der Waals surface area contributed by atoms with Crippen molar-refractivity contribution in [3.63, 3.8) is 0 Å². The molecule has 18 heavy (non-hydrogen) atoms. The number of hydrogen-bond donors (Lipinski definition) is 4. The van der Waals surface area contributed by atoms with Crippen molar-refractivity contribution in [2.75, 3.05) is 23.7 Å².